The van der Waals surface area contributed by atoms with Crippen molar-refractivity contribution >= 4 is 28.7 Å². The van der Waals surface area contributed by atoms with Crippen LogP contribution in [-0.2, 0) is 17.8 Å². The van der Waals surface area contributed by atoms with Crippen LogP contribution in [0, 0.1) is 10.1 Å². The third kappa shape index (κ3) is 3.53. The van der Waals surface area contributed by atoms with Crippen LogP contribution in [0.25, 0.3) is 11.2 Å². The monoisotopic (exact) mass is 354 g/mol. The van der Waals surface area contributed by atoms with Gasteiger partial charge in [-0.1, -0.05) is 12.1 Å². The Hall–Kier alpha value is -3.69. The molecule has 0 atom stereocenters. The minimum Gasteiger partial charge on any atom is -0.296 e. The van der Waals surface area contributed by atoms with Crippen LogP contribution in [0.1, 0.15) is 12.5 Å². The molecule has 0 aliphatic rings. The molecule has 1 aromatic carbocycles. The summed E-state index contributed by atoms with van der Waals surface area (Å²) < 4.78 is 1.31. The summed E-state index contributed by atoms with van der Waals surface area (Å²) in [6.45, 7) is 1.53. The van der Waals surface area contributed by atoms with Crippen LogP contribution < -0.4 is 10.9 Å². The van der Waals surface area contributed by atoms with E-state index in [0.29, 0.717) is 6.42 Å². The number of nitrogens with zero attached hydrogens (tertiary/aromatic N) is 5. The Labute approximate surface area is 146 Å². The second-order valence-corrected chi connectivity index (χ2v) is 5.48. The van der Waals surface area contributed by atoms with Gasteiger partial charge in [0.25, 0.3) is 11.2 Å². The number of nitro benzene ring substituents is 1. The van der Waals surface area contributed by atoms with Gasteiger partial charge < -0.3 is 0 Å². The van der Waals surface area contributed by atoms with Gasteiger partial charge in [-0.25, -0.2) is 9.97 Å². The number of non-ortho nitro benzene ring substituents is 1. The lowest BCUT2D eigenvalue weighted by molar-refractivity contribution is -0.384. The molecule has 0 spiro atoms. The summed E-state index contributed by atoms with van der Waals surface area (Å²) in [5.74, 6) is -0.290. The first-order chi connectivity index (χ1) is 12.5. The summed E-state index contributed by atoms with van der Waals surface area (Å²) in [5.41, 5.74) is 0.620. The van der Waals surface area contributed by atoms with Crippen molar-refractivity contribution < 1.29 is 9.72 Å². The van der Waals surface area contributed by atoms with Gasteiger partial charge >= 0.3 is 0 Å². The maximum absolute atomic E-state index is 12.7. The van der Waals surface area contributed by atoms with Crippen LogP contribution in [0.15, 0.2) is 41.5 Å². The highest BCUT2D eigenvalue weighted by atomic mass is 16.6. The van der Waals surface area contributed by atoms with Gasteiger partial charge in [0.15, 0.2) is 11.2 Å². The highest BCUT2D eigenvalue weighted by Gasteiger charge is 2.14. The van der Waals surface area contributed by atoms with Crippen LogP contribution in [0.5, 0.6) is 0 Å². The van der Waals surface area contributed by atoms with Crippen molar-refractivity contribution in [1.29, 1.82) is 0 Å². The first-order valence-electron chi connectivity index (χ1n) is 7.68. The van der Waals surface area contributed by atoms with Crippen LogP contribution in [-0.4, -0.2) is 30.3 Å². The Kier molecular flexibility index (Phi) is 4.65. The van der Waals surface area contributed by atoms with Crippen LogP contribution in [0.2, 0.25) is 0 Å². The molecule has 0 fully saturated rings. The van der Waals surface area contributed by atoms with E-state index in [-0.39, 0.29) is 35.3 Å². The predicted octanol–water partition coefficient (Wildman–Crippen LogP) is 1.30. The Bertz CT molecular complexity index is 1040. The van der Waals surface area contributed by atoms with Gasteiger partial charge in [-0.3, -0.25) is 29.6 Å². The number of benzene rings is 1. The Morgan fingerprint density at radius 1 is 1.23 bits per heavy atom. The molecule has 0 bridgehead atoms. The second-order valence-electron chi connectivity index (χ2n) is 5.48. The smallest absolute Gasteiger partial charge is 0.283 e. The lowest BCUT2D eigenvalue weighted by Gasteiger charge is -2.12. The number of anilines is 1. The van der Waals surface area contributed by atoms with E-state index in [9.17, 15) is 19.7 Å². The fraction of sp³-hybridized carbons (Fsp3) is 0.188. The molecule has 0 aliphatic carbocycles. The normalized spacial score (nSPS) is 10.7. The number of fused-ring (bicyclic) bond motifs is 1. The molecule has 132 valence electrons. The summed E-state index contributed by atoms with van der Waals surface area (Å²) in [4.78, 5) is 46.5. The SMILES string of the molecule is CC(=O)Nc1nc2nccnc2c(=O)n1CCc1ccc([N+](=O)[O-])cc1. The van der Waals surface area contributed by atoms with E-state index in [1.807, 2.05) is 0 Å². The third-order valence-corrected chi connectivity index (χ3v) is 3.65. The number of nitrogens with one attached hydrogen (secondary N) is 1. The maximum atomic E-state index is 12.7. The van der Waals surface area contributed by atoms with Crippen molar-refractivity contribution in [2.75, 3.05) is 5.32 Å². The average molecular weight is 354 g/mol. The summed E-state index contributed by atoms with van der Waals surface area (Å²) in [6.07, 6.45) is 3.22. The summed E-state index contributed by atoms with van der Waals surface area (Å²) in [5, 5.41) is 13.2. The Morgan fingerprint density at radius 2 is 1.92 bits per heavy atom. The highest BCUT2D eigenvalue weighted by Crippen LogP contribution is 2.14. The molecule has 1 N–H and O–H groups in total. The van der Waals surface area contributed by atoms with Crippen molar-refractivity contribution in [2.45, 2.75) is 19.9 Å². The molecule has 10 nitrogen and oxygen atoms in total. The second kappa shape index (κ2) is 7.05. The quantitative estimate of drug-likeness (QED) is 0.539. The average Bonchev–Trinajstić information content (AvgIpc) is 2.61. The zero-order valence-electron chi connectivity index (χ0n) is 13.7. The van der Waals surface area contributed by atoms with E-state index in [1.165, 1.54) is 36.0 Å². The zero-order chi connectivity index (χ0) is 18.7. The van der Waals surface area contributed by atoms with E-state index in [0.717, 1.165) is 5.56 Å². The molecule has 26 heavy (non-hydrogen) atoms. The van der Waals surface area contributed by atoms with Gasteiger partial charge in [0, 0.05) is 38.0 Å². The van der Waals surface area contributed by atoms with Gasteiger partial charge in [0.05, 0.1) is 4.92 Å². The highest BCUT2D eigenvalue weighted by molar-refractivity contribution is 5.87. The molecule has 0 saturated heterocycles. The number of nitro groups is 1. The molecule has 3 rings (SSSR count). The van der Waals surface area contributed by atoms with E-state index >= 15 is 0 Å². The number of hydrogen-bond donors (Lipinski definition) is 1. The molecule has 0 aliphatic heterocycles. The number of aromatic nitrogens is 4. The minimum absolute atomic E-state index is 0.00695. The third-order valence-electron chi connectivity index (χ3n) is 3.65. The van der Waals surface area contributed by atoms with Crippen LogP contribution >= 0.6 is 0 Å². The molecule has 3 aromatic rings. The Morgan fingerprint density at radius 3 is 2.58 bits per heavy atom. The van der Waals surface area contributed by atoms with Crippen molar-refractivity contribution in [3.05, 3.63) is 62.7 Å². The van der Waals surface area contributed by atoms with Crippen LogP contribution in [0.4, 0.5) is 11.6 Å². The van der Waals surface area contributed by atoms with Crippen molar-refractivity contribution in [1.82, 2.24) is 19.5 Å². The lowest BCUT2D eigenvalue weighted by atomic mass is 10.1. The summed E-state index contributed by atoms with van der Waals surface area (Å²) >= 11 is 0. The predicted molar refractivity (Wildman–Crippen MR) is 92.7 cm³/mol. The van der Waals surface area contributed by atoms with E-state index in [1.54, 1.807) is 12.1 Å². The number of hydrogen-bond acceptors (Lipinski definition) is 7. The summed E-state index contributed by atoms with van der Waals surface area (Å²) in [7, 11) is 0. The number of aryl methyl sites for hydroxylation is 1. The molecule has 0 unspecified atom stereocenters. The molecule has 0 saturated carbocycles. The molecule has 1 amide bonds. The van der Waals surface area contributed by atoms with Gasteiger partial charge in [-0.05, 0) is 12.0 Å². The van der Waals surface area contributed by atoms with Crippen LogP contribution in [0.3, 0.4) is 0 Å². The fourth-order valence-corrected chi connectivity index (χ4v) is 2.43. The van der Waals surface area contributed by atoms with E-state index < -0.39 is 10.5 Å². The first kappa shape index (κ1) is 17.1. The van der Waals surface area contributed by atoms with Gasteiger partial charge in [0.1, 0.15) is 0 Å². The molecule has 2 heterocycles. The molecular weight excluding hydrogens is 340 g/mol. The number of amides is 1. The minimum atomic E-state index is -0.477. The van der Waals surface area contributed by atoms with Crippen molar-refractivity contribution in [2.24, 2.45) is 0 Å². The largest absolute Gasteiger partial charge is 0.296 e. The molecule has 10 heteroatoms. The molecule has 0 radical (unpaired) electrons. The molecule has 2 aromatic heterocycles. The first-order valence-corrected chi connectivity index (χ1v) is 7.68. The maximum Gasteiger partial charge on any atom is 0.283 e. The van der Waals surface area contributed by atoms with E-state index in [2.05, 4.69) is 20.3 Å². The number of rotatable bonds is 5. The Balaban J connectivity index is 1.94. The van der Waals surface area contributed by atoms with Crippen molar-refractivity contribution in [3.63, 3.8) is 0 Å². The number of carbonyl (C=O) groups is 1. The van der Waals surface area contributed by atoms with Gasteiger partial charge in [0.2, 0.25) is 11.9 Å². The topological polar surface area (TPSA) is 133 Å². The van der Waals surface area contributed by atoms with Crippen molar-refractivity contribution in [3.8, 4) is 0 Å². The van der Waals surface area contributed by atoms with Gasteiger partial charge in [-0.2, -0.15) is 4.98 Å². The number of carbonyl (C=O) groups excluding carboxylic acids is 1. The van der Waals surface area contributed by atoms with Gasteiger partial charge in [-0.15, -0.1) is 0 Å². The van der Waals surface area contributed by atoms with E-state index in [4.69, 9.17) is 0 Å². The zero-order valence-corrected chi connectivity index (χ0v) is 13.7. The lowest BCUT2D eigenvalue weighted by Crippen LogP contribution is -2.28. The summed E-state index contributed by atoms with van der Waals surface area (Å²) in [6, 6.07) is 6.04. The fourth-order valence-electron chi connectivity index (χ4n) is 2.43. The standard InChI is InChI=1S/C16H14N6O4/c1-10(23)19-16-20-14-13(17-7-8-18-14)15(24)21(16)9-6-11-2-4-12(5-3-11)22(25)26/h2-5,7-8H,6,9H2,1H3,(H,18,19,20,23). The molecular formula is C16H14N6O4.